The van der Waals surface area contributed by atoms with Gasteiger partial charge in [-0.15, -0.1) is 0 Å². The molecule has 3 rings (SSSR count). The number of rotatable bonds is 5. The number of hydrogen-bond donors (Lipinski definition) is 1. The fourth-order valence-corrected chi connectivity index (χ4v) is 3.55. The van der Waals surface area contributed by atoms with Gasteiger partial charge in [-0.25, -0.2) is 14.8 Å². The van der Waals surface area contributed by atoms with E-state index in [0.29, 0.717) is 12.3 Å². The number of nitrogens with one attached hydrogen (secondary N) is 1. The molecule has 0 spiro atoms. The van der Waals surface area contributed by atoms with Crippen LogP contribution in [0.1, 0.15) is 59.9 Å². The highest BCUT2D eigenvalue weighted by Gasteiger charge is 2.31. The van der Waals surface area contributed by atoms with E-state index in [2.05, 4.69) is 35.6 Å². The van der Waals surface area contributed by atoms with E-state index in [9.17, 15) is 4.79 Å². The number of aromatic nitrogens is 2. The van der Waals surface area contributed by atoms with E-state index in [-0.39, 0.29) is 5.41 Å². The fraction of sp³-hybridized carbons (Fsp3) is 0.542. The summed E-state index contributed by atoms with van der Waals surface area (Å²) in [5, 5.41) is 2.87. The second-order valence-corrected chi connectivity index (χ2v) is 10.2. The molecular formula is C24H34N4O4. The zero-order chi connectivity index (χ0) is 23.7. The van der Waals surface area contributed by atoms with Crippen molar-refractivity contribution in [3.05, 3.63) is 41.9 Å². The molecule has 0 radical (unpaired) electrons. The predicted molar refractivity (Wildman–Crippen MR) is 123 cm³/mol. The van der Waals surface area contributed by atoms with Gasteiger partial charge in [-0.1, -0.05) is 45.0 Å². The summed E-state index contributed by atoms with van der Waals surface area (Å²) < 4.78 is 7.48. The highest BCUT2D eigenvalue weighted by Crippen LogP contribution is 2.26. The maximum absolute atomic E-state index is 12.4. The van der Waals surface area contributed by atoms with Gasteiger partial charge in [0.15, 0.2) is 0 Å². The van der Waals surface area contributed by atoms with E-state index in [0.717, 1.165) is 22.6 Å². The van der Waals surface area contributed by atoms with Crippen LogP contribution in [0.3, 0.4) is 0 Å². The molecule has 8 heteroatoms. The lowest BCUT2D eigenvalue weighted by atomic mass is 9.96. The fourth-order valence-electron chi connectivity index (χ4n) is 3.55. The lowest BCUT2D eigenvalue weighted by Crippen LogP contribution is -2.46. The summed E-state index contributed by atoms with van der Waals surface area (Å²) in [6.07, 6.45) is 1.38. The van der Waals surface area contributed by atoms with Crippen molar-refractivity contribution < 1.29 is 19.3 Å². The molecule has 32 heavy (non-hydrogen) atoms. The Bertz CT molecular complexity index is 981. The van der Waals surface area contributed by atoms with Crippen molar-refractivity contribution in [1.29, 1.82) is 0 Å². The smallest absolute Gasteiger partial charge is 0.408 e. The summed E-state index contributed by atoms with van der Waals surface area (Å²) in [5.41, 5.74) is 2.35. The van der Waals surface area contributed by atoms with Gasteiger partial charge in [-0.3, -0.25) is 0 Å². The van der Waals surface area contributed by atoms with E-state index in [4.69, 9.17) is 19.5 Å². The number of aliphatic imine (C=N–C) groups is 1. The molecule has 1 aromatic carbocycles. The minimum atomic E-state index is -0.646. The molecule has 1 N–H and O–H groups in total. The maximum atomic E-state index is 12.4. The largest absolute Gasteiger partial charge is 0.444 e. The number of alkyl carbamates (subject to hydrolysis) is 1. The number of ether oxygens (including phenoxy) is 1. The highest BCUT2D eigenvalue weighted by molar-refractivity contribution is 5.73. The van der Waals surface area contributed by atoms with Gasteiger partial charge in [-0.2, -0.15) is 4.89 Å². The Morgan fingerprint density at radius 1 is 1.19 bits per heavy atom. The third-order valence-electron chi connectivity index (χ3n) is 4.88. The highest BCUT2D eigenvalue weighted by atomic mass is 17.2. The van der Waals surface area contributed by atoms with Crippen molar-refractivity contribution in [3.63, 3.8) is 0 Å². The lowest BCUT2D eigenvalue weighted by molar-refractivity contribution is -0.241. The van der Waals surface area contributed by atoms with E-state index in [1.165, 1.54) is 0 Å². The van der Waals surface area contributed by atoms with E-state index in [1.54, 1.807) is 6.92 Å². The summed E-state index contributed by atoms with van der Waals surface area (Å²) in [7, 11) is 2.02. The summed E-state index contributed by atoms with van der Waals surface area (Å²) >= 11 is 0. The number of hydrogen-bond acceptors (Lipinski definition) is 6. The third-order valence-corrected chi connectivity index (χ3v) is 4.88. The van der Waals surface area contributed by atoms with Crippen molar-refractivity contribution >= 4 is 12.0 Å². The number of carbonyl (C=O) groups is 1. The standard InChI is InChI=1S/C24H34N4O4/c1-15-25-20(32-31-15)18(27-22(29)30-24(5,6)7)13-16-9-11-17(12-10-16)19-14-28(8)21(26-19)23(2,3)4/h9-12,14,18,20H,13H2,1-8H3,(H,27,29)/t18-,20?/m0/s1. The van der Waals surface area contributed by atoms with Crippen LogP contribution in [0.4, 0.5) is 4.79 Å². The molecule has 1 aliphatic rings. The average Bonchev–Trinajstić information content (AvgIpc) is 3.26. The molecule has 1 amide bonds. The van der Waals surface area contributed by atoms with E-state index >= 15 is 0 Å². The number of benzene rings is 1. The van der Waals surface area contributed by atoms with Crippen molar-refractivity contribution in [3.8, 4) is 11.3 Å². The quantitative estimate of drug-likeness (QED) is 0.688. The molecule has 0 saturated carbocycles. The molecular weight excluding hydrogens is 408 g/mol. The molecule has 0 aliphatic carbocycles. The molecule has 2 heterocycles. The second kappa shape index (κ2) is 8.94. The topological polar surface area (TPSA) is 87.0 Å². The number of carbonyl (C=O) groups excluding carboxylic acids is 1. The van der Waals surface area contributed by atoms with Crippen LogP contribution in [-0.2, 0) is 33.4 Å². The van der Waals surface area contributed by atoms with Crippen LogP contribution in [0.5, 0.6) is 0 Å². The summed E-state index contributed by atoms with van der Waals surface area (Å²) in [5.74, 6) is 1.45. The molecule has 174 valence electrons. The number of aryl methyl sites for hydroxylation is 1. The number of imidazole rings is 1. The molecule has 2 aromatic rings. The van der Waals surface area contributed by atoms with Crippen LogP contribution in [0.25, 0.3) is 11.3 Å². The van der Waals surface area contributed by atoms with Crippen LogP contribution in [-0.4, -0.2) is 39.4 Å². The minimum absolute atomic E-state index is 0.0322. The first kappa shape index (κ1) is 23.8. The lowest BCUT2D eigenvalue weighted by Gasteiger charge is -2.24. The van der Waals surface area contributed by atoms with Crippen LogP contribution >= 0.6 is 0 Å². The Kier molecular flexibility index (Phi) is 6.64. The molecule has 0 fully saturated rings. The molecule has 8 nitrogen and oxygen atoms in total. The Morgan fingerprint density at radius 3 is 2.34 bits per heavy atom. The Morgan fingerprint density at radius 2 is 1.84 bits per heavy atom. The zero-order valence-corrected chi connectivity index (χ0v) is 20.2. The summed E-state index contributed by atoms with van der Waals surface area (Å²) in [6, 6.07) is 7.67. The van der Waals surface area contributed by atoms with Crippen molar-refractivity contribution in [1.82, 2.24) is 14.9 Å². The molecule has 1 aliphatic heterocycles. The number of nitrogens with zero attached hydrogens (tertiary/aromatic N) is 3. The average molecular weight is 443 g/mol. The summed E-state index contributed by atoms with van der Waals surface area (Å²) in [4.78, 5) is 31.8. The van der Waals surface area contributed by atoms with Crippen LogP contribution < -0.4 is 5.32 Å². The van der Waals surface area contributed by atoms with Gasteiger partial charge in [-0.05, 0) is 32.8 Å². The van der Waals surface area contributed by atoms with Crippen LogP contribution in [0.15, 0.2) is 35.5 Å². The van der Waals surface area contributed by atoms with Gasteiger partial charge in [0, 0.05) is 31.1 Å². The van der Waals surface area contributed by atoms with Crippen LogP contribution in [0, 0.1) is 0 Å². The second-order valence-electron chi connectivity index (χ2n) is 10.2. The predicted octanol–water partition coefficient (Wildman–Crippen LogP) is 4.53. The monoisotopic (exact) mass is 442 g/mol. The van der Waals surface area contributed by atoms with Crippen LogP contribution in [0.2, 0.25) is 0 Å². The molecule has 0 bridgehead atoms. The van der Waals surface area contributed by atoms with E-state index in [1.807, 2.05) is 58.3 Å². The van der Waals surface area contributed by atoms with Gasteiger partial charge < -0.3 is 19.5 Å². The first-order valence-corrected chi connectivity index (χ1v) is 10.8. The van der Waals surface area contributed by atoms with Gasteiger partial charge in [0.05, 0.1) is 11.7 Å². The normalized spacial score (nSPS) is 17.5. The van der Waals surface area contributed by atoms with Gasteiger partial charge in [0.25, 0.3) is 0 Å². The third kappa shape index (κ3) is 6.09. The Hall–Kier alpha value is -2.87. The maximum Gasteiger partial charge on any atom is 0.408 e. The van der Waals surface area contributed by atoms with Gasteiger partial charge >= 0.3 is 6.09 Å². The zero-order valence-electron chi connectivity index (χ0n) is 20.2. The molecule has 1 unspecified atom stereocenters. The van der Waals surface area contributed by atoms with Gasteiger partial charge in [0.1, 0.15) is 11.4 Å². The Balaban J connectivity index is 1.76. The minimum Gasteiger partial charge on any atom is -0.444 e. The van der Waals surface area contributed by atoms with Crippen molar-refractivity contribution in [2.24, 2.45) is 12.0 Å². The molecule has 0 saturated heterocycles. The van der Waals surface area contributed by atoms with Crippen molar-refractivity contribution in [2.75, 3.05) is 0 Å². The Labute approximate surface area is 189 Å². The van der Waals surface area contributed by atoms with Crippen molar-refractivity contribution in [2.45, 2.75) is 78.2 Å². The molecule has 2 atom stereocenters. The SMILES string of the molecule is CC1=NC([C@H](Cc2ccc(-c3cn(C)c(C(C)(C)C)n3)cc2)NC(=O)OC(C)(C)C)OO1. The summed E-state index contributed by atoms with van der Waals surface area (Å²) in [6.45, 7) is 13.6. The molecule has 1 aromatic heterocycles. The number of amides is 1. The first-order chi connectivity index (χ1) is 14.8. The van der Waals surface area contributed by atoms with E-state index < -0.39 is 24.0 Å². The van der Waals surface area contributed by atoms with Gasteiger partial charge in [0.2, 0.25) is 12.1 Å². The first-order valence-electron chi connectivity index (χ1n) is 10.8.